The van der Waals surface area contributed by atoms with Gasteiger partial charge in [0.1, 0.15) is 12.4 Å². The number of nitrogens with zero attached hydrogens (tertiary/aromatic N) is 1. The summed E-state index contributed by atoms with van der Waals surface area (Å²) in [6, 6.07) is 6.74. The highest BCUT2D eigenvalue weighted by Crippen LogP contribution is 2.10. The maximum atomic E-state index is 10.2. The lowest BCUT2D eigenvalue weighted by molar-refractivity contribution is -0.307. The van der Waals surface area contributed by atoms with Crippen LogP contribution in [0.25, 0.3) is 0 Å². The number of carboxylic acids is 1. The monoisotopic (exact) mass is 292 g/mol. The Bertz CT molecular complexity index is 500. The fourth-order valence-corrected chi connectivity index (χ4v) is 1.30. The molecule has 0 radical (unpaired) electrons. The average Bonchev–Trinajstić information content (AvgIpc) is 2.44. The quantitative estimate of drug-likeness (QED) is 0.313. The van der Waals surface area contributed by atoms with Gasteiger partial charge in [0.15, 0.2) is 5.11 Å². The molecule has 0 saturated heterocycles. The van der Waals surface area contributed by atoms with Crippen LogP contribution in [0.2, 0.25) is 0 Å². The Balaban J connectivity index is 2.42. The summed E-state index contributed by atoms with van der Waals surface area (Å²) in [4.78, 5) is 10.2. The molecular formula is C13H14N3O3S-. The van der Waals surface area contributed by atoms with Crippen molar-refractivity contribution in [2.24, 2.45) is 5.10 Å². The Morgan fingerprint density at radius 1 is 1.45 bits per heavy atom. The summed E-state index contributed by atoms with van der Waals surface area (Å²) in [5.74, 6) is -0.817. The number of benzene rings is 1. The van der Waals surface area contributed by atoms with Crippen molar-refractivity contribution in [3.63, 3.8) is 0 Å². The molecule has 6 nitrogen and oxygen atoms in total. The van der Waals surface area contributed by atoms with Crippen LogP contribution in [0.5, 0.6) is 5.75 Å². The Labute approximate surface area is 122 Å². The van der Waals surface area contributed by atoms with E-state index in [-0.39, 0.29) is 0 Å². The first-order valence-corrected chi connectivity index (χ1v) is 6.13. The van der Waals surface area contributed by atoms with E-state index in [9.17, 15) is 9.90 Å². The van der Waals surface area contributed by atoms with Crippen LogP contribution in [0.15, 0.2) is 42.0 Å². The third kappa shape index (κ3) is 6.50. The second-order valence-electron chi connectivity index (χ2n) is 3.60. The lowest BCUT2D eigenvalue weighted by atomic mass is 10.2. The van der Waals surface area contributed by atoms with Crippen molar-refractivity contribution in [2.45, 2.75) is 0 Å². The first kappa shape index (κ1) is 15.6. The highest BCUT2D eigenvalue weighted by atomic mass is 32.1. The molecule has 0 amide bonds. The smallest absolute Gasteiger partial charge is 0.187 e. The molecule has 0 heterocycles. The third-order valence-electron chi connectivity index (χ3n) is 2.02. The normalized spacial score (nSPS) is 10.0. The zero-order valence-corrected chi connectivity index (χ0v) is 11.5. The number of aliphatic carboxylic acids is 1. The molecule has 0 aliphatic rings. The minimum absolute atomic E-state index is 0.398. The van der Waals surface area contributed by atoms with Gasteiger partial charge in [-0.05, 0) is 42.0 Å². The number of hydrogen-bond donors (Lipinski definition) is 2. The summed E-state index contributed by atoms with van der Waals surface area (Å²) in [5, 5.41) is 17.4. The molecule has 106 valence electrons. The van der Waals surface area contributed by atoms with Crippen LogP contribution in [0.1, 0.15) is 5.56 Å². The number of ether oxygens (including phenoxy) is 1. The summed E-state index contributed by atoms with van der Waals surface area (Å²) < 4.78 is 4.95. The largest absolute Gasteiger partial charge is 0.546 e. The molecule has 0 unspecified atom stereocenters. The van der Waals surface area contributed by atoms with Crippen LogP contribution in [0, 0.1) is 0 Å². The van der Waals surface area contributed by atoms with Gasteiger partial charge >= 0.3 is 0 Å². The molecule has 0 aliphatic heterocycles. The van der Waals surface area contributed by atoms with Gasteiger partial charge in [-0.15, -0.1) is 6.58 Å². The van der Waals surface area contributed by atoms with E-state index in [0.717, 1.165) is 5.56 Å². The molecule has 0 spiro atoms. The van der Waals surface area contributed by atoms with E-state index in [1.807, 2.05) is 0 Å². The second kappa shape index (κ2) is 8.65. The molecule has 0 saturated carbocycles. The van der Waals surface area contributed by atoms with Gasteiger partial charge in [0, 0.05) is 6.54 Å². The number of carbonyl (C=O) groups is 1. The van der Waals surface area contributed by atoms with Crippen LogP contribution in [0.4, 0.5) is 0 Å². The number of hydrazone groups is 1. The predicted molar refractivity (Wildman–Crippen MR) is 78.5 cm³/mol. The van der Waals surface area contributed by atoms with Gasteiger partial charge in [-0.1, -0.05) is 6.08 Å². The van der Waals surface area contributed by atoms with Crippen molar-refractivity contribution in [1.82, 2.24) is 10.7 Å². The Morgan fingerprint density at radius 2 is 2.15 bits per heavy atom. The third-order valence-corrected chi connectivity index (χ3v) is 2.26. The van der Waals surface area contributed by atoms with E-state index in [2.05, 4.69) is 22.4 Å². The Hall–Kier alpha value is -2.41. The van der Waals surface area contributed by atoms with E-state index in [4.69, 9.17) is 17.0 Å². The standard InChI is InChI=1S/C13H15N3O3S/c1-2-7-14-13(20)16-15-8-10-3-5-11(6-4-10)19-9-12(17)18/h2-6,8H,1,7,9H2,(H,17,18)(H2,14,16,20)/p-1/b15-8-. The lowest BCUT2D eigenvalue weighted by Crippen LogP contribution is -2.31. The van der Waals surface area contributed by atoms with Crippen molar-refractivity contribution in [3.05, 3.63) is 42.5 Å². The summed E-state index contributed by atoms with van der Waals surface area (Å²) >= 11 is 4.95. The van der Waals surface area contributed by atoms with Crippen molar-refractivity contribution >= 4 is 29.5 Å². The van der Waals surface area contributed by atoms with Crippen molar-refractivity contribution in [3.8, 4) is 5.75 Å². The fourth-order valence-electron chi connectivity index (χ4n) is 1.16. The molecule has 1 rings (SSSR count). The summed E-state index contributed by atoms with van der Waals surface area (Å²) in [5.41, 5.74) is 3.46. The molecule has 0 atom stereocenters. The van der Waals surface area contributed by atoms with E-state index in [1.54, 1.807) is 36.6 Å². The first-order valence-electron chi connectivity index (χ1n) is 5.72. The van der Waals surface area contributed by atoms with Gasteiger partial charge in [0.2, 0.25) is 0 Å². The molecule has 1 aromatic carbocycles. The SMILES string of the molecule is C=CCNC(=S)N/N=C\c1ccc(OCC(=O)[O-])cc1. The molecule has 2 N–H and O–H groups in total. The van der Waals surface area contributed by atoms with Gasteiger partial charge in [0.05, 0.1) is 12.2 Å². The molecular weight excluding hydrogens is 278 g/mol. The van der Waals surface area contributed by atoms with Crippen LogP contribution in [-0.4, -0.2) is 30.4 Å². The fraction of sp³-hybridized carbons (Fsp3) is 0.154. The molecule has 0 aliphatic carbocycles. The van der Waals surface area contributed by atoms with Crippen molar-refractivity contribution in [2.75, 3.05) is 13.2 Å². The predicted octanol–water partition coefficient (Wildman–Crippen LogP) is -0.201. The average molecular weight is 292 g/mol. The molecule has 20 heavy (non-hydrogen) atoms. The van der Waals surface area contributed by atoms with Gasteiger partial charge in [0.25, 0.3) is 0 Å². The number of hydrogen-bond acceptors (Lipinski definition) is 5. The van der Waals surface area contributed by atoms with Gasteiger partial charge in [-0.3, -0.25) is 5.43 Å². The summed E-state index contributed by atoms with van der Waals surface area (Å²) in [6.45, 7) is 3.64. The maximum absolute atomic E-state index is 10.2. The maximum Gasteiger partial charge on any atom is 0.187 e. The van der Waals surface area contributed by atoms with Crippen molar-refractivity contribution in [1.29, 1.82) is 0 Å². The minimum Gasteiger partial charge on any atom is -0.546 e. The molecule has 1 aromatic rings. The highest BCUT2D eigenvalue weighted by molar-refractivity contribution is 7.80. The number of carbonyl (C=O) groups excluding carboxylic acids is 1. The lowest BCUT2D eigenvalue weighted by Gasteiger charge is -2.06. The Morgan fingerprint density at radius 3 is 2.75 bits per heavy atom. The van der Waals surface area contributed by atoms with E-state index < -0.39 is 12.6 Å². The van der Waals surface area contributed by atoms with Crippen LogP contribution in [-0.2, 0) is 4.79 Å². The first-order chi connectivity index (χ1) is 9.61. The Kier molecular flexibility index (Phi) is 6.77. The van der Waals surface area contributed by atoms with Gasteiger partial charge in [-0.2, -0.15) is 5.10 Å². The van der Waals surface area contributed by atoms with E-state index in [1.165, 1.54) is 0 Å². The van der Waals surface area contributed by atoms with Crippen molar-refractivity contribution < 1.29 is 14.6 Å². The number of thiocarbonyl (C=S) groups is 1. The van der Waals surface area contributed by atoms with Crippen LogP contribution < -0.4 is 20.6 Å². The molecule has 0 fully saturated rings. The number of rotatable bonds is 7. The highest BCUT2D eigenvalue weighted by Gasteiger charge is 1.94. The molecule has 0 bridgehead atoms. The van der Waals surface area contributed by atoms with Crippen LogP contribution in [0.3, 0.4) is 0 Å². The second-order valence-corrected chi connectivity index (χ2v) is 4.01. The van der Waals surface area contributed by atoms with Gasteiger partial charge < -0.3 is 20.0 Å². The minimum atomic E-state index is -1.26. The molecule has 0 aromatic heterocycles. The summed E-state index contributed by atoms with van der Waals surface area (Å²) in [6.07, 6.45) is 3.26. The van der Waals surface area contributed by atoms with E-state index >= 15 is 0 Å². The van der Waals surface area contributed by atoms with E-state index in [0.29, 0.717) is 17.4 Å². The number of nitrogens with one attached hydrogen (secondary N) is 2. The summed E-state index contributed by atoms with van der Waals surface area (Å²) in [7, 11) is 0. The molecule has 7 heteroatoms. The topological polar surface area (TPSA) is 85.8 Å². The number of carboxylic acid groups (broad SMARTS) is 1. The zero-order chi connectivity index (χ0) is 14.8. The van der Waals surface area contributed by atoms with Crippen LogP contribution >= 0.6 is 12.2 Å². The van der Waals surface area contributed by atoms with Gasteiger partial charge in [-0.25, -0.2) is 0 Å². The zero-order valence-electron chi connectivity index (χ0n) is 10.7.